The highest BCUT2D eigenvalue weighted by Crippen LogP contribution is 2.32. The Morgan fingerprint density at radius 1 is 1.03 bits per heavy atom. The lowest BCUT2D eigenvalue weighted by Gasteiger charge is -2.23. The van der Waals surface area contributed by atoms with E-state index in [4.69, 9.17) is 0 Å². The molecule has 4 rings (SSSR count). The maximum Gasteiger partial charge on any atom is 0.433 e. The van der Waals surface area contributed by atoms with Crippen molar-refractivity contribution in [1.29, 1.82) is 0 Å². The van der Waals surface area contributed by atoms with Gasteiger partial charge in [-0.3, -0.25) is 9.78 Å². The molecule has 10 heteroatoms. The molecule has 1 aliphatic rings. The fourth-order valence-electron chi connectivity index (χ4n) is 3.28. The van der Waals surface area contributed by atoms with E-state index in [-0.39, 0.29) is 17.5 Å². The molecule has 1 fully saturated rings. The summed E-state index contributed by atoms with van der Waals surface area (Å²) < 4.78 is 40.4. The van der Waals surface area contributed by atoms with Crippen molar-refractivity contribution in [3.05, 3.63) is 58.7 Å². The van der Waals surface area contributed by atoms with E-state index in [2.05, 4.69) is 15.0 Å². The highest BCUT2D eigenvalue weighted by Gasteiger charge is 2.34. The molecule has 1 aliphatic heterocycles. The van der Waals surface area contributed by atoms with Crippen LogP contribution in [-0.4, -0.2) is 51.9 Å². The summed E-state index contributed by atoms with van der Waals surface area (Å²) in [5, 5.41) is 1.84. The van der Waals surface area contributed by atoms with Crippen LogP contribution in [0.4, 0.5) is 19.0 Å². The predicted molar refractivity (Wildman–Crippen MR) is 107 cm³/mol. The van der Waals surface area contributed by atoms with Crippen LogP contribution in [0.1, 0.15) is 21.8 Å². The summed E-state index contributed by atoms with van der Waals surface area (Å²) in [6.45, 7) is 1.84. The largest absolute Gasteiger partial charge is 0.433 e. The topological polar surface area (TPSA) is 62.2 Å². The standard InChI is InChI=1S/C20H18F3N5OS/c21-20(22,23)16-13-17(26-18(25-16)14-4-6-24-7-5-14)27-8-2-9-28(11-10-27)19(29)15-3-1-12-30-15/h1,3-7,12-13H,2,8-11H2. The second-order valence-corrected chi connectivity index (χ2v) is 7.73. The monoisotopic (exact) mass is 433 g/mol. The Kier molecular flexibility index (Phi) is 5.67. The number of anilines is 1. The fourth-order valence-corrected chi connectivity index (χ4v) is 3.97. The molecule has 4 heterocycles. The Bertz CT molecular complexity index is 1010. The van der Waals surface area contributed by atoms with E-state index < -0.39 is 11.9 Å². The molecule has 0 N–H and O–H groups in total. The van der Waals surface area contributed by atoms with Crippen LogP contribution >= 0.6 is 11.3 Å². The summed E-state index contributed by atoms with van der Waals surface area (Å²) in [5.41, 5.74) is -0.531. The van der Waals surface area contributed by atoms with Crippen LogP contribution in [0.15, 0.2) is 48.1 Å². The van der Waals surface area contributed by atoms with Gasteiger partial charge in [-0.05, 0) is 30.0 Å². The van der Waals surface area contributed by atoms with Crippen LogP contribution in [0.3, 0.4) is 0 Å². The van der Waals surface area contributed by atoms with E-state index in [1.807, 2.05) is 11.4 Å². The molecular weight excluding hydrogens is 415 g/mol. The van der Waals surface area contributed by atoms with Crippen LogP contribution in [0.2, 0.25) is 0 Å². The van der Waals surface area contributed by atoms with Crippen molar-refractivity contribution < 1.29 is 18.0 Å². The third-order valence-electron chi connectivity index (χ3n) is 4.78. The van der Waals surface area contributed by atoms with E-state index in [9.17, 15) is 18.0 Å². The first kappa shape index (κ1) is 20.3. The summed E-state index contributed by atoms with van der Waals surface area (Å²) in [6.07, 6.45) is -0.989. The molecule has 0 radical (unpaired) electrons. The average Bonchev–Trinajstić information content (AvgIpc) is 3.17. The predicted octanol–water partition coefficient (Wildman–Crippen LogP) is 3.97. The number of thiophene rings is 1. The third kappa shape index (κ3) is 4.43. The first-order valence-electron chi connectivity index (χ1n) is 9.36. The summed E-state index contributed by atoms with van der Waals surface area (Å²) in [6, 6.07) is 7.71. The van der Waals surface area contributed by atoms with Crippen molar-refractivity contribution >= 4 is 23.1 Å². The lowest BCUT2D eigenvalue weighted by atomic mass is 10.2. The first-order valence-corrected chi connectivity index (χ1v) is 10.2. The van der Waals surface area contributed by atoms with E-state index >= 15 is 0 Å². The summed E-state index contributed by atoms with van der Waals surface area (Å²) in [5.74, 6) is 0.149. The molecule has 156 valence electrons. The quantitative estimate of drug-likeness (QED) is 0.626. The van der Waals surface area contributed by atoms with Crippen LogP contribution in [0.5, 0.6) is 0 Å². The number of aromatic nitrogens is 3. The van der Waals surface area contributed by atoms with Gasteiger partial charge in [0.1, 0.15) is 5.82 Å². The molecule has 1 amide bonds. The lowest BCUT2D eigenvalue weighted by Crippen LogP contribution is -2.35. The summed E-state index contributed by atoms with van der Waals surface area (Å²) >= 11 is 1.38. The smallest absolute Gasteiger partial charge is 0.355 e. The number of carbonyl (C=O) groups is 1. The molecule has 0 aliphatic carbocycles. The second-order valence-electron chi connectivity index (χ2n) is 6.78. The van der Waals surface area contributed by atoms with Gasteiger partial charge in [-0.1, -0.05) is 6.07 Å². The number of alkyl halides is 3. The van der Waals surface area contributed by atoms with Gasteiger partial charge in [0.25, 0.3) is 5.91 Å². The van der Waals surface area contributed by atoms with Gasteiger partial charge in [-0.25, -0.2) is 9.97 Å². The third-order valence-corrected chi connectivity index (χ3v) is 5.64. The zero-order valence-electron chi connectivity index (χ0n) is 15.8. The normalized spacial score (nSPS) is 15.2. The Hall–Kier alpha value is -3.01. The number of hydrogen-bond acceptors (Lipinski definition) is 6. The summed E-state index contributed by atoms with van der Waals surface area (Å²) in [7, 11) is 0. The molecule has 0 atom stereocenters. The minimum atomic E-state index is -4.59. The highest BCUT2D eigenvalue weighted by atomic mass is 32.1. The van der Waals surface area contributed by atoms with E-state index in [0.717, 1.165) is 6.07 Å². The number of hydrogen-bond donors (Lipinski definition) is 0. The molecule has 1 saturated heterocycles. The molecule has 0 unspecified atom stereocenters. The zero-order valence-corrected chi connectivity index (χ0v) is 16.7. The first-order chi connectivity index (χ1) is 14.4. The number of nitrogens with zero attached hydrogens (tertiary/aromatic N) is 5. The Balaban J connectivity index is 1.60. The Morgan fingerprint density at radius 3 is 2.53 bits per heavy atom. The van der Waals surface area contributed by atoms with Crippen molar-refractivity contribution in [2.75, 3.05) is 31.1 Å². The van der Waals surface area contributed by atoms with Gasteiger partial charge in [0.2, 0.25) is 0 Å². The number of amides is 1. The van der Waals surface area contributed by atoms with Crippen LogP contribution < -0.4 is 4.90 Å². The van der Waals surface area contributed by atoms with Gasteiger partial charge in [0.05, 0.1) is 4.88 Å². The van der Waals surface area contributed by atoms with Crippen molar-refractivity contribution in [1.82, 2.24) is 19.9 Å². The van der Waals surface area contributed by atoms with Crippen LogP contribution in [0.25, 0.3) is 11.4 Å². The van der Waals surface area contributed by atoms with Gasteiger partial charge < -0.3 is 9.80 Å². The minimum absolute atomic E-state index is 0.00186. The van der Waals surface area contributed by atoms with Gasteiger partial charge in [0.15, 0.2) is 11.5 Å². The van der Waals surface area contributed by atoms with Gasteiger partial charge in [-0.15, -0.1) is 11.3 Å². The number of carbonyl (C=O) groups excluding carboxylic acids is 1. The molecule has 6 nitrogen and oxygen atoms in total. The van der Waals surface area contributed by atoms with Gasteiger partial charge in [0, 0.05) is 50.2 Å². The van der Waals surface area contributed by atoms with E-state index in [0.29, 0.717) is 43.0 Å². The number of rotatable bonds is 3. The van der Waals surface area contributed by atoms with Crippen molar-refractivity contribution in [2.45, 2.75) is 12.6 Å². The highest BCUT2D eigenvalue weighted by molar-refractivity contribution is 7.12. The lowest BCUT2D eigenvalue weighted by molar-refractivity contribution is -0.141. The van der Waals surface area contributed by atoms with Crippen molar-refractivity contribution in [3.8, 4) is 11.4 Å². The molecule has 3 aromatic heterocycles. The minimum Gasteiger partial charge on any atom is -0.355 e. The Labute approximate surface area is 175 Å². The molecular formula is C20H18F3N5OS. The maximum absolute atomic E-state index is 13.5. The van der Waals surface area contributed by atoms with Crippen molar-refractivity contribution in [2.24, 2.45) is 0 Å². The van der Waals surface area contributed by atoms with Crippen molar-refractivity contribution in [3.63, 3.8) is 0 Å². The molecule has 30 heavy (non-hydrogen) atoms. The van der Waals surface area contributed by atoms with Crippen LogP contribution in [0, 0.1) is 0 Å². The zero-order chi connectivity index (χ0) is 21.1. The summed E-state index contributed by atoms with van der Waals surface area (Å²) in [4.78, 5) is 28.8. The number of pyridine rings is 1. The molecule has 0 spiro atoms. The maximum atomic E-state index is 13.5. The van der Waals surface area contributed by atoms with E-state index in [1.54, 1.807) is 28.0 Å². The van der Waals surface area contributed by atoms with Gasteiger partial charge >= 0.3 is 6.18 Å². The molecule has 0 aromatic carbocycles. The molecule has 3 aromatic rings. The Morgan fingerprint density at radius 2 is 1.83 bits per heavy atom. The second kappa shape index (κ2) is 8.39. The molecule has 0 bridgehead atoms. The number of halogens is 3. The average molecular weight is 433 g/mol. The molecule has 0 saturated carbocycles. The SMILES string of the molecule is O=C(c1cccs1)N1CCCN(c2cc(C(F)(F)F)nc(-c3ccncc3)n2)CC1. The van der Waals surface area contributed by atoms with Crippen LogP contribution in [-0.2, 0) is 6.18 Å². The van der Waals surface area contributed by atoms with Gasteiger partial charge in [-0.2, -0.15) is 13.2 Å². The fraction of sp³-hybridized carbons (Fsp3) is 0.300. The van der Waals surface area contributed by atoms with E-state index in [1.165, 1.54) is 23.7 Å².